The monoisotopic (exact) mass is 277 g/mol. The van der Waals surface area contributed by atoms with Crippen molar-refractivity contribution in [2.24, 2.45) is 5.92 Å². The van der Waals surface area contributed by atoms with E-state index in [4.69, 9.17) is 4.74 Å². The highest BCUT2D eigenvalue weighted by atomic mass is 16.5. The van der Waals surface area contributed by atoms with Gasteiger partial charge in [-0.25, -0.2) is 0 Å². The lowest BCUT2D eigenvalue weighted by atomic mass is 10.1. The number of aliphatic hydroxyl groups excluding tert-OH is 1. The first-order valence-electron chi connectivity index (χ1n) is 7.73. The molecule has 1 aliphatic rings. The standard InChI is InChI=1S/C17H27NO2/c1-13(10-15-8-9-15)18-11-17(19)12-20-14(2)16-6-4-3-5-7-16/h3-7,13-15,17-19H,8-12H2,1-2H3. The number of nitrogens with one attached hydrogen (secondary N) is 1. The Morgan fingerprint density at radius 1 is 1.25 bits per heavy atom. The third-order valence-corrected chi connectivity index (χ3v) is 3.89. The fourth-order valence-corrected chi connectivity index (χ4v) is 2.41. The Labute approximate surface area is 122 Å². The van der Waals surface area contributed by atoms with E-state index in [1.54, 1.807) is 0 Å². The van der Waals surface area contributed by atoms with Crippen molar-refractivity contribution in [3.63, 3.8) is 0 Å². The van der Waals surface area contributed by atoms with Gasteiger partial charge in [0.2, 0.25) is 0 Å². The number of ether oxygens (including phenoxy) is 1. The molecule has 2 rings (SSSR count). The van der Waals surface area contributed by atoms with Crippen LogP contribution in [0.2, 0.25) is 0 Å². The van der Waals surface area contributed by atoms with Crippen LogP contribution in [0.4, 0.5) is 0 Å². The summed E-state index contributed by atoms with van der Waals surface area (Å²) in [4.78, 5) is 0. The van der Waals surface area contributed by atoms with E-state index in [9.17, 15) is 5.11 Å². The fraction of sp³-hybridized carbons (Fsp3) is 0.647. The van der Waals surface area contributed by atoms with Crippen molar-refractivity contribution < 1.29 is 9.84 Å². The lowest BCUT2D eigenvalue weighted by molar-refractivity contribution is -0.00285. The molecule has 0 aromatic heterocycles. The molecule has 0 saturated heterocycles. The minimum Gasteiger partial charge on any atom is -0.389 e. The van der Waals surface area contributed by atoms with Crippen molar-refractivity contribution in [3.8, 4) is 0 Å². The zero-order valence-electron chi connectivity index (χ0n) is 12.6. The Hall–Kier alpha value is -0.900. The average Bonchev–Trinajstić information content (AvgIpc) is 3.27. The molecule has 3 unspecified atom stereocenters. The van der Waals surface area contributed by atoms with Gasteiger partial charge >= 0.3 is 0 Å². The molecular weight excluding hydrogens is 250 g/mol. The Morgan fingerprint density at radius 3 is 2.60 bits per heavy atom. The minimum atomic E-state index is -0.442. The van der Waals surface area contributed by atoms with E-state index < -0.39 is 6.10 Å². The van der Waals surface area contributed by atoms with Crippen LogP contribution in [0.1, 0.15) is 44.8 Å². The van der Waals surface area contributed by atoms with Crippen LogP contribution in [0.5, 0.6) is 0 Å². The third-order valence-electron chi connectivity index (χ3n) is 3.89. The van der Waals surface area contributed by atoms with Crippen molar-refractivity contribution in [1.29, 1.82) is 0 Å². The van der Waals surface area contributed by atoms with Crippen molar-refractivity contribution in [3.05, 3.63) is 35.9 Å². The summed E-state index contributed by atoms with van der Waals surface area (Å²) in [5.74, 6) is 0.920. The van der Waals surface area contributed by atoms with Crippen LogP contribution >= 0.6 is 0 Å². The van der Waals surface area contributed by atoms with Crippen LogP contribution < -0.4 is 5.32 Å². The first-order chi connectivity index (χ1) is 9.65. The molecule has 0 spiro atoms. The molecule has 0 aliphatic heterocycles. The van der Waals surface area contributed by atoms with Gasteiger partial charge in [-0.2, -0.15) is 0 Å². The summed E-state index contributed by atoms with van der Waals surface area (Å²) in [6.07, 6.45) is 3.57. The molecule has 1 aliphatic carbocycles. The van der Waals surface area contributed by atoms with Gasteiger partial charge in [-0.15, -0.1) is 0 Å². The highest BCUT2D eigenvalue weighted by Gasteiger charge is 2.23. The predicted octanol–water partition coefficient (Wildman–Crippen LogP) is 2.90. The second-order valence-corrected chi connectivity index (χ2v) is 6.03. The van der Waals surface area contributed by atoms with Gasteiger partial charge in [0.15, 0.2) is 0 Å². The van der Waals surface area contributed by atoms with Crippen molar-refractivity contribution in [2.75, 3.05) is 13.2 Å². The zero-order chi connectivity index (χ0) is 14.4. The van der Waals surface area contributed by atoms with Crippen molar-refractivity contribution in [1.82, 2.24) is 5.32 Å². The summed E-state index contributed by atoms with van der Waals surface area (Å²) >= 11 is 0. The topological polar surface area (TPSA) is 41.5 Å². The molecule has 0 radical (unpaired) electrons. The largest absolute Gasteiger partial charge is 0.389 e. The third kappa shape index (κ3) is 5.61. The van der Waals surface area contributed by atoms with E-state index in [1.807, 2.05) is 37.3 Å². The first kappa shape index (κ1) is 15.5. The zero-order valence-corrected chi connectivity index (χ0v) is 12.6. The maximum absolute atomic E-state index is 9.96. The average molecular weight is 277 g/mol. The first-order valence-corrected chi connectivity index (χ1v) is 7.73. The second kappa shape index (κ2) is 7.77. The van der Waals surface area contributed by atoms with Gasteiger partial charge in [-0.05, 0) is 31.7 Å². The van der Waals surface area contributed by atoms with Crippen molar-refractivity contribution >= 4 is 0 Å². The Kier molecular flexibility index (Phi) is 6.02. The lowest BCUT2D eigenvalue weighted by Gasteiger charge is -2.19. The van der Waals surface area contributed by atoms with E-state index in [0.717, 1.165) is 11.5 Å². The molecule has 1 aromatic carbocycles. The Balaban J connectivity index is 1.60. The van der Waals surface area contributed by atoms with Gasteiger partial charge in [0.1, 0.15) is 0 Å². The summed E-state index contributed by atoms with van der Waals surface area (Å²) in [7, 11) is 0. The van der Waals surface area contributed by atoms with E-state index in [-0.39, 0.29) is 6.10 Å². The van der Waals surface area contributed by atoms with E-state index >= 15 is 0 Å². The van der Waals surface area contributed by atoms with Crippen LogP contribution in [-0.4, -0.2) is 30.4 Å². The maximum Gasteiger partial charge on any atom is 0.0898 e. The fourth-order valence-electron chi connectivity index (χ4n) is 2.41. The number of aliphatic hydroxyl groups is 1. The van der Waals surface area contributed by atoms with Gasteiger partial charge in [0.05, 0.1) is 18.8 Å². The number of rotatable bonds is 9. The molecule has 2 N–H and O–H groups in total. The molecule has 3 nitrogen and oxygen atoms in total. The van der Waals surface area contributed by atoms with E-state index in [0.29, 0.717) is 19.2 Å². The van der Waals surface area contributed by atoms with Gasteiger partial charge in [-0.3, -0.25) is 0 Å². The Bertz CT molecular complexity index is 378. The van der Waals surface area contributed by atoms with Crippen LogP contribution in [-0.2, 0) is 4.74 Å². The SMILES string of the molecule is CC(CC1CC1)NCC(O)COC(C)c1ccccc1. The predicted molar refractivity (Wildman–Crippen MR) is 81.6 cm³/mol. The Morgan fingerprint density at radius 2 is 1.95 bits per heavy atom. The summed E-state index contributed by atoms with van der Waals surface area (Å²) in [6, 6.07) is 10.6. The normalized spacial score (nSPS) is 19.6. The maximum atomic E-state index is 9.96. The molecule has 1 saturated carbocycles. The van der Waals surface area contributed by atoms with Crippen LogP contribution in [0.3, 0.4) is 0 Å². The molecule has 0 amide bonds. The van der Waals surface area contributed by atoms with Crippen LogP contribution in [0.15, 0.2) is 30.3 Å². The highest BCUT2D eigenvalue weighted by Crippen LogP contribution is 2.33. The van der Waals surface area contributed by atoms with Crippen LogP contribution in [0, 0.1) is 5.92 Å². The molecule has 112 valence electrons. The smallest absolute Gasteiger partial charge is 0.0898 e. The summed E-state index contributed by atoms with van der Waals surface area (Å²) in [5, 5.41) is 13.3. The minimum absolute atomic E-state index is 0.0229. The second-order valence-electron chi connectivity index (χ2n) is 6.03. The highest BCUT2D eigenvalue weighted by molar-refractivity contribution is 5.16. The van der Waals surface area contributed by atoms with E-state index in [1.165, 1.54) is 19.3 Å². The van der Waals surface area contributed by atoms with Gasteiger partial charge in [-0.1, -0.05) is 43.2 Å². The van der Waals surface area contributed by atoms with Crippen LogP contribution in [0.25, 0.3) is 0 Å². The molecule has 1 fully saturated rings. The van der Waals surface area contributed by atoms with Crippen molar-refractivity contribution in [2.45, 2.75) is 51.4 Å². The molecular formula is C17H27NO2. The number of benzene rings is 1. The number of hydrogen-bond donors (Lipinski definition) is 2. The summed E-state index contributed by atoms with van der Waals surface area (Å²) in [5.41, 5.74) is 1.15. The quantitative estimate of drug-likeness (QED) is 0.729. The summed E-state index contributed by atoms with van der Waals surface area (Å²) < 4.78 is 5.73. The molecule has 0 heterocycles. The molecule has 1 aromatic rings. The molecule has 3 atom stereocenters. The van der Waals surface area contributed by atoms with E-state index in [2.05, 4.69) is 12.2 Å². The number of hydrogen-bond acceptors (Lipinski definition) is 3. The molecule has 20 heavy (non-hydrogen) atoms. The van der Waals surface area contributed by atoms with Gasteiger partial charge < -0.3 is 15.2 Å². The molecule has 3 heteroatoms. The van der Waals surface area contributed by atoms with Gasteiger partial charge in [0.25, 0.3) is 0 Å². The van der Waals surface area contributed by atoms with Gasteiger partial charge in [0, 0.05) is 12.6 Å². The lowest BCUT2D eigenvalue weighted by Crippen LogP contribution is -2.36. The molecule has 0 bridgehead atoms. The summed E-state index contributed by atoms with van der Waals surface area (Å²) in [6.45, 7) is 5.19.